The molecule has 138 valence electrons. The van der Waals surface area contributed by atoms with Gasteiger partial charge in [0.05, 0.1) is 36.2 Å². The molecule has 0 amide bonds. The number of ether oxygens (including phenoxy) is 1. The first-order valence-electron chi connectivity index (χ1n) is 7.25. The number of rotatable bonds is 6. The van der Waals surface area contributed by atoms with Gasteiger partial charge in [-0.25, -0.2) is 0 Å². The van der Waals surface area contributed by atoms with Gasteiger partial charge in [0.1, 0.15) is 5.75 Å². The Kier molecular flexibility index (Phi) is 6.59. The molecule has 2 rings (SSSR count). The number of halogens is 4. The van der Waals surface area contributed by atoms with Crippen LogP contribution >= 0.6 is 11.6 Å². The Balaban J connectivity index is 2.34. The Morgan fingerprint density at radius 3 is 2.46 bits per heavy atom. The molecule has 0 aliphatic rings. The quantitative estimate of drug-likeness (QED) is 0.580. The molecule has 0 aliphatic heterocycles. The summed E-state index contributed by atoms with van der Waals surface area (Å²) in [6.07, 6.45) is -1.02. The molecule has 26 heavy (non-hydrogen) atoms. The maximum absolute atomic E-state index is 12.8. The van der Waals surface area contributed by atoms with Gasteiger partial charge in [0.25, 0.3) is 0 Å². The number of hydrogen-bond acceptors (Lipinski definition) is 5. The van der Waals surface area contributed by atoms with Crippen LogP contribution in [0.15, 0.2) is 47.7 Å². The molecular formula is C17H15ClF3N3O2. The highest BCUT2D eigenvalue weighted by Gasteiger charge is 2.31. The van der Waals surface area contributed by atoms with E-state index >= 15 is 0 Å². The lowest BCUT2D eigenvalue weighted by atomic mass is 10.1. The molecule has 5 nitrogen and oxygen atoms in total. The first kappa shape index (κ1) is 19.7. The minimum absolute atomic E-state index is 0.126. The Bertz CT molecular complexity index is 806. The summed E-state index contributed by atoms with van der Waals surface area (Å²) in [6, 6.07) is 7.71. The van der Waals surface area contributed by atoms with E-state index in [1.54, 1.807) is 31.4 Å². The van der Waals surface area contributed by atoms with Crippen LogP contribution < -0.4 is 10.2 Å². The second-order valence-corrected chi connectivity index (χ2v) is 5.34. The zero-order valence-corrected chi connectivity index (χ0v) is 14.6. The molecule has 0 spiro atoms. The van der Waals surface area contributed by atoms with Crippen LogP contribution in [-0.2, 0) is 11.0 Å². The summed E-state index contributed by atoms with van der Waals surface area (Å²) < 4.78 is 43.3. The summed E-state index contributed by atoms with van der Waals surface area (Å²) in [7, 11) is 2.93. The number of allylic oxidation sites excluding steroid dienone is 1. The molecule has 2 aromatic rings. The molecular weight excluding hydrogens is 371 g/mol. The van der Waals surface area contributed by atoms with Crippen LogP contribution in [0.1, 0.15) is 11.3 Å². The van der Waals surface area contributed by atoms with E-state index in [4.69, 9.17) is 21.2 Å². The smallest absolute Gasteiger partial charge is 0.417 e. The van der Waals surface area contributed by atoms with Gasteiger partial charge in [-0.2, -0.15) is 13.2 Å². The number of aliphatic imine (C=N–C) groups is 1. The number of alkyl halides is 3. The number of pyridine rings is 1. The average molecular weight is 386 g/mol. The Morgan fingerprint density at radius 1 is 1.23 bits per heavy atom. The molecule has 0 saturated heterocycles. The normalized spacial score (nSPS) is 12.5. The van der Waals surface area contributed by atoms with E-state index in [2.05, 4.69) is 15.5 Å². The van der Waals surface area contributed by atoms with E-state index in [1.807, 2.05) is 0 Å². The molecule has 1 N–H and O–H groups in total. The van der Waals surface area contributed by atoms with Gasteiger partial charge in [-0.05, 0) is 30.3 Å². The number of nitrogens with one attached hydrogen (secondary N) is 1. The zero-order chi connectivity index (χ0) is 19.2. The molecule has 0 aliphatic carbocycles. The van der Waals surface area contributed by atoms with Gasteiger partial charge >= 0.3 is 6.18 Å². The van der Waals surface area contributed by atoms with Crippen molar-refractivity contribution in [2.24, 2.45) is 4.99 Å². The van der Waals surface area contributed by atoms with Gasteiger partial charge in [0, 0.05) is 24.2 Å². The van der Waals surface area contributed by atoms with Crippen molar-refractivity contribution >= 4 is 29.1 Å². The van der Waals surface area contributed by atoms with E-state index in [9.17, 15) is 13.2 Å². The fourth-order valence-corrected chi connectivity index (χ4v) is 2.18. The first-order chi connectivity index (χ1) is 12.3. The lowest BCUT2D eigenvalue weighted by Crippen LogP contribution is -2.08. The molecule has 0 unspecified atom stereocenters. The summed E-state index contributed by atoms with van der Waals surface area (Å²) in [5.41, 5.74) is 2.62. The molecule has 0 saturated carbocycles. The van der Waals surface area contributed by atoms with E-state index in [0.717, 1.165) is 6.07 Å². The van der Waals surface area contributed by atoms with Crippen molar-refractivity contribution in [2.75, 3.05) is 14.2 Å². The fourth-order valence-electron chi connectivity index (χ4n) is 1.91. The predicted molar refractivity (Wildman–Crippen MR) is 93.5 cm³/mol. The van der Waals surface area contributed by atoms with Crippen LogP contribution in [0.3, 0.4) is 0 Å². The highest BCUT2D eigenvalue weighted by atomic mass is 35.5. The minimum atomic E-state index is -4.53. The number of methoxy groups -OCH3 is 1. The number of hydroxylamine groups is 1. The molecule has 0 bridgehead atoms. The SMILES string of the molecule is CON/C=C(\C=Nc1ccc(OC)cc1)c1ncc(C(F)(F)F)cc1Cl. The maximum Gasteiger partial charge on any atom is 0.417 e. The van der Waals surface area contributed by atoms with Crippen LogP contribution in [-0.4, -0.2) is 25.4 Å². The summed E-state index contributed by atoms with van der Waals surface area (Å²) in [4.78, 5) is 12.8. The van der Waals surface area contributed by atoms with Crippen LogP contribution in [0.4, 0.5) is 18.9 Å². The van der Waals surface area contributed by atoms with Crippen LogP contribution in [0.5, 0.6) is 5.75 Å². The first-order valence-corrected chi connectivity index (χ1v) is 7.63. The zero-order valence-electron chi connectivity index (χ0n) is 13.8. The van der Waals surface area contributed by atoms with Crippen molar-refractivity contribution in [2.45, 2.75) is 6.18 Å². The summed E-state index contributed by atoms with van der Waals surface area (Å²) in [5, 5.41) is -0.162. The maximum atomic E-state index is 12.8. The van der Waals surface area contributed by atoms with Gasteiger partial charge in [0.15, 0.2) is 0 Å². The largest absolute Gasteiger partial charge is 0.497 e. The van der Waals surface area contributed by atoms with Crippen molar-refractivity contribution < 1.29 is 22.7 Å². The third-order valence-electron chi connectivity index (χ3n) is 3.20. The van der Waals surface area contributed by atoms with Gasteiger partial charge in [-0.3, -0.25) is 20.3 Å². The Labute approximate surface area is 153 Å². The highest BCUT2D eigenvalue weighted by molar-refractivity contribution is 6.33. The van der Waals surface area contributed by atoms with E-state index in [-0.39, 0.29) is 10.7 Å². The van der Waals surface area contributed by atoms with Crippen molar-refractivity contribution in [3.05, 3.63) is 59.0 Å². The van der Waals surface area contributed by atoms with Crippen LogP contribution in [0, 0.1) is 0 Å². The second kappa shape index (κ2) is 8.68. The summed E-state index contributed by atoms with van der Waals surface area (Å²) in [6.45, 7) is 0. The molecule has 1 aromatic carbocycles. The number of hydrogen-bond donors (Lipinski definition) is 1. The summed E-state index contributed by atoms with van der Waals surface area (Å²) in [5.74, 6) is 0.674. The van der Waals surface area contributed by atoms with E-state index in [0.29, 0.717) is 23.2 Å². The second-order valence-electron chi connectivity index (χ2n) is 4.93. The fraction of sp³-hybridized carbons (Fsp3) is 0.176. The van der Waals surface area contributed by atoms with Crippen molar-refractivity contribution in [3.8, 4) is 5.75 Å². The lowest BCUT2D eigenvalue weighted by molar-refractivity contribution is -0.137. The van der Waals surface area contributed by atoms with Crippen LogP contribution in [0.25, 0.3) is 5.57 Å². The van der Waals surface area contributed by atoms with Gasteiger partial charge < -0.3 is 4.74 Å². The Morgan fingerprint density at radius 2 is 1.92 bits per heavy atom. The van der Waals surface area contributed by atoms with Crippen molar-refractivity contribution in [1.82, 2.24) is 10.5 Å². The van der Waals surface area contributed by atoms with Gasteiger partial charge in [0.2, 0.25) is 0 Å². The summed E-state index contributed by atoms with van der Waals surface area (Å²) >= 11 is 5.98. The molecule has 1 heterocycles. The Hall–Kier alpha value is -2.58. The topological polar surface area (TPSA) is 55.7 Å². The van der Waals surface area contributed by atoms with Gasteiger partial charge in [-0.1, -0.05) is 11.6 Å². The predicted octanol–water partition coefficient (Wildman–Crippen LogP) is 4.66. The number of nitrogens with zero attached hydrogens (tertiary/aromatic N) is 2. The molecule has 0 radical (unpaired) electrons. The van der Waals surface area contributed by atoms with E-state index < -0.39 is 11.7 Å². The third kappa shape index (κ3) is 5.21. The van der Waals surface area contributed by atoms with Crippen molar-refractivity contribution in [1.29, 1.82) is 0 Å². The van der Waals surface area contributed by atoms with Crippen molar-refractivity contribution in [3.63, 3.8) is 0 Å². The van der Waals surface area contributed by atoms with Crippen LogP contribution in [0.2, 0.25) is 5.02 Å². The highest BCUT2D eigenvalue weighted by Crippen LogP contribution is 2.32. The average Bonchev–Trinajstić information content (AvgIpc) is 2.62. The number of benzene rings is 1. The molecule has 9 heteroatoms. The molecule has 1 aromatic heterocycles. The standard InChI is InChI=1S/C17H15ClF3N3O2/c1-25-14-5-3-13(4-6-14)22-8-11(9-24-26-2)16-15(18)7-12(10-23-16)17(19,20)21/h3-10,24H,1-2H3/b11-9+,22-8?. The van der Waals surface area contributed by atoms with Gasteiger partial charge in [-0.15, -0.1) is 0 Å². The third-order valence-corrected chi connectivity index (χ3v) is 3.49. The minimum Gasteiger partial charge on any atom is -0.497 e. The monoisotopic (exact) mass is 385 g/mol. The lowest BCUT2D eigenvalue weighted by Gasteiger charge is -2.10. The molecule has 0 atom stereocenters. The van der Waals surface area contributed by atoms with E-state index in [1.165, 1.54) is 19.5 Å². The number of aromatic nitrogens is 1. The molecule has 0 fully saturated rings.